The van der Waals surface area contributed by atoms with Crippen molar-refractivity contribution in [1.82, 2.24) is 20.4 Å². The van der Waals surface area contributed by atoms with Crippen molar-refractivity contribution in [2.24, 2.45) is 4.99 Å². The number of hydrogen-bond donors (Lipinski definition) is 2. The molecule has 0 aliphatic carbocycles. The molecule has 0 radical (unpaired) electrons. The first-order valence-electron chi connectivity index (χ1n) is 9.91. The summed E-state index contributed by atoms with van der Waals surface area (Å²) in [7, 11) is 1.69. The molecule has 1 aromatic carbocycles. The molecule has 28 heavy (non-hydrogen) atoms. The number of nitrogens with zero attached hydrogens (tertiary/aromatic N) is 3. The second-order valence-electron chi connectivity index (χ2n) is 7.08. The van der Waals surface area contributed by atoms with Crippen LogP contribution < -0.4 is 10.6 Å². The Labute approximate surface area is 166 Å². The van der Waals surface area contributed by atoms with Gasteiger partial charge in [-0.2, -0.15) is 13.2 Å². The highest BCUT2D eigenvalue weighted by atomic mass is 19.4. The van der Waals surface area contributed by atoms with Gasteiger partial charge in [-0.1, -0.05) is 44.2 Å². The van der Waals surface area contributed by atoms with Crippen LogP contribution in [0.4, 0.5) is 13.2 Å². The molecular formula is C20H32F3N5. The van der Waals surface area contributed by atoms with E-state index in [4.69, 9.17) is 0 Å². The van der Waals surface area contributed by atoms with E-state index in [1.54, 1.807) is 7.05 Å². The minimum Gasteiger partial charge on any atom is -0.354 e. The number of likely N-dealkylation sites (N-methyl/N-ethyl adjacent to an activating group) is 1. The van der Waals surface area contributed by atoms with Gasteiger partial charge in [-0.05, 0) is 25.1 Å². The molecule has 0 amide bonds. The van der Waals surface area contributed by atoms with Gasteiger partial charge in [-0.15, -0.1) is 0 Å². The predicted molar refractivity (Wildman–Crippen MR) is 108 cm³/mol. The fourth-order valence-corrected chi connectivity index (χ4v) is 3.73. The zero-order chi connectivity index (χ0) is 20.6. The van der Waals surface area contributed by atoms with Gasteiger partial charge < -0.3 is 10.6 Å². The molecule has 1 fully saturated rings. The third-order valence-corrected chi connectivity index (χ3v) is 5.14. The van der Waals surface area contributed by atoms with Crippen LogP contribution in [0, 0.1) is 0 Å². The number of likely N-dealkylation sites (tertiary alicyclic amines) is 1. The maximum atomic E-state index is 12.6. The Bertz CT molecular complexity index is 602. The van der Waals surface area contributed by atoms with E-state index in [1.807, 2.05) is 18.2 Å². The molecule has 8 heteroatoms. The molecule has 0 saturated carbocycles. The molecule has 158 valence electrons. The molecule has 1 aliphatic rings. The lowest BCUT2D eigenvalue weighted by atomic mass is 10.1. The summed E-state index contributed by atoms with van der Waals surface area (Å²) in [6.07, 6.45) is -3.48. The first-order valence-corrected chi connectivity index (χ1v) is 9.91. The summed E-state index contributed by atoms with van der Waals surface area (Å²) in [6.45, 7) is 6.77. The van der Waals surface area contributed by atoms with Crippen molar-refractivity contribution in [1.29, 1.82) is 0 Å². The second-order valence-corrected chi connectivity index (χ2v) is 7.08. The lowest BCUT2D eigenvalue weighted by molar-refractivity contribution is -0.143. The molecule has 2 unspecified atom stereocenters. The van der Waals surface area contributed by atoms with E-state index in [9.17, 15) is 13.2 Å². The van der Waals surface area contributed by atoms with Crippen LogP contribution in [0.5, 0.6) is 0 Å². The molecule has 2 N–H and O–H groups in total. The van der Waals surface area contributed by atoms with Crippen LogP contribution in [0.15, 0.2) is 35.3 Å². The van der Waals surface area contributed by atoms with Gasteiger partial charge in [0.2, 0.25) is 0 Å². The van der Waals surface area contributed by atoms with Gasteiger partial charge in [0.15, 0.2) is 5.96 Å². The van der Waals surface area contributed by atoms with Crippen LogP contribution in [0.1, 0.15) is 31.9 Å². The van der Waals surface area contributed by atoms with Crippen LogP contribution in [-0.4, -0.2) is 74.3 Å². The van der Waals surface area contributed by atoms with E-state index in [-0.39, 0.29) is 12.1 Å². The van der Waals surface area contributed by atoms with Crippen molar-refractivity contribution in [3.63, 3.8) is 0 Å². The first-order chi connectivity index (χ1) is 13.4. The van der Waals surface area contributed by atoms with E-state index in [1.165, 1.54) is 10.5 Å². The minimum absolute atomic E-state index is 0.0304. The molecule has 2 atom stereocenters. The first kappa shape index (κ1) is 22.5. The quantitative estimate of drug-likeness (QED) is 0.521. The Morgan fingerprint density at radius 2 is 1.93 bits per heavy atom. The number of halogens is 3. The van der Waals surface area contributed by atoms with Crippen LogP contribution in [-0.2, 0) is 0 Å². The van der Waals surface area contributed by atoms with Crippen molar-refractivity contribution in [3.05, 3.63) is 35.9 Å². The molecule has 1 saturated heterocycles. The number of benzene rings is 1. The number of alkyl halides is 3. The fourth-order valence-electron chi connectivity index (χ4n) is 3.73. The van der Waals surface area contributed by atoms with E-state index >= 15 is 0 Å². The highest BCUT2D eigenvalue weighted by molar-refractivity contribution is 5.80. The van der Waals surface area contributed by atoms with Crippen LogP contribution in [0.25, 0.3) is 0 Å². The van der Waals surface area contributed by atoms with Crippen molar-refractivity contribution in [2.75, 3.05) is 46.3 Å². The van der Waals surface area contributed by atoms with Crippen molar-refractivity contribution in [2.45, 2.75) is 38.5 Å². The zero-order valence-electron chi connectivity index (χ0n) is 17.0. The smallest absolute Gasteiger partial charge is 0.354 e. The van der Waals surface area contributed by atoms with Crippen molar-refractivity contribution < 1.29 is 13.2 Å². The Kier molecular flexibility index (Phi) is 8.57. The van der Waals surface area contributed by atoms with Gasteiger partial charge in [0.1, 0.15) is 0 Å². The molecule has 0 aromatic heterocycles. The normalized spacial score (nSPS) is 19.8. The average Bonchev–Trinajstić information content (AvgIpc) is 3.09. The van der Waals surface area contributed by atoms with E-state index in [0.717, 1.165) is 13.1 Å². The van der Waals surface area contributed by atoms with Gasteiger partial charge in [0.25, 0.3) is 0 Å². The van der Waals surface area contributed by atoms with Crippen LogP contribution in [0.3, 0.4) is 0 Å². The molecule has 5 nitrogen and oxygen atoms in total. The summed E-state index contributed by atoms with van der Waals surface area (Å²) in [5.74, 6) is 0.631. The van der Waals surface area contributed by atoms with Crippen LogP contribution >= 0.6 is 0 Å². The van der Waals surface area contributed by atoms with E-state index in [0.29, 0.717) is 32.0 Å². The number of guanidine groups is 1. The number of hydrogen-bond acceptors (Lipinski definition) is 3. The predicted octanol–water partition coefficient (Wildman–Crippen LogP) is 2.87. The second kappa shape index (κ2) is 10.7. The molecule has 0 spiro atoms. The lowest BCUT2D eigenvalue weighted by Crippen LogP contribution is -2.47. The van der Waals surface area contributed by atoms with Gasteiger partial charge >= 0.3 is 6.18 Å². The topological polar surface area (TPSA) is 42.9 Å². The summed E-state index contributed by atoms with van der Waals surface area (Å²) in [6, 6.07) is 10.5. The van der Waals surface area contributed by atoms with Crippen molar-refractivity contribution >= 4 is 5.96 Å². The number of nitrogens with one attached hydrogen (secondary N) is 2. The molecular weight excluding hydrogens is 367 g/mol. The SMILES string of the molecule is CCN(CC)C(CNC(=NC)NC1CCN(CC(F)(F)F)C1)c1ccccc1. The molecule has 2 rings (SSSR count). The average molecular weight is 400 g/mol. The van der Waals surface area contributed by atoms with Gasteiger partial charge in [0.05, 0.1) is 12.6 Å². The summed E-state index contributed by atoms with van der Waals surface area (Å²) in [5, 5.41) is 6.64. The van der Waals surface area contributed by atoms with E-state index < -0.39 is 12.7 Å². The maximum absolute atomic E-state index is 12.6. The standard InChI is InChI=1S/C20H32F3N5/c1-4-28(5-2)18(16-9-7-6-8-10-16)13-25-19(24-3)26-17-11-12-27(14-17)15-20(21,22)23/h6-10,17-18H,4-5,11-15H2,1-3H3,(H2,24,25,26). The molecule has 0 bridgehead atoms. The summed E-state index contributed by atoms with van der Waals surface area (Å²) < 4.78 is 37.7. The minimum atomic E-state index is -4.15. The lowest BCUT2D eigenvalue weighted by Gasteiger charge is -2.31. The Morgan fingerprint density at radius 3 is 2.50 bits per heavy atom. The Morgan fingerprint density at radius 1 is 1.25 bits per heavy atom. The third-order valence-electron chi connectivity index (χ3n) is 5.14. The number of aliphatic imine (C=N–C) groups is 1. The van der Waals surface area contributed by atoms with Gasteiger partial charge in [-0.25, -0.2) is 0 Å². The largest absolute Gasteiger partial charge is 0.401 e. The fraction of sp³-hybridized carbons (Fsp3) is 0.650. The highest BCUT2D eigenvalue weighted by Crippen LogP contribution is 2.21. The zero-order valence-corrected chi connectivity index (χ0v) is 17.0. The molecule has 1 aliphatic heterocycles. The molecule has 1 heterocycles. The van der Waals surface area contributed by atoms with Crippen LogP contribution in [0.2, 0.25) is 0 Å². The summed E-state index contributed by atoms with van der Waals surface area (Å²) in [4.78, 5) is 8.07. The molecule has 1 aromatic rings. The van der Waals surface area contributed by atoms with Crippen molar-refractivity contribution in [3.8, 4) is 0 Å². The highest BCUT2D eigenvalue weighted by Gasteiger charge is 2.34. The van der Waals surface area contributed by atoms with E-state index in [2.05, 4.69) is 46.5 Å². The maximum Gasteiger partial charge on any atom is 0.401 e. The number of rotatable bonds is 8. The van der Waals surface area contributed by atoms with Gasteiger partial charge in [0, 0.05) is 32.7 Å². The Hall–Kier alpha value is -1.80. The Balaban J connectivity index is 1.92. The van der Waals surface area contributed by atoms with Gasteiger partial charge in [-0.3, -0.25) is 14.8 Å². The summed E-state index contributed by atoms with van der Waals surface area (Å²) in [5.41, 5.74) is 1.23. The summed E-state index contributed by atoms with van der Waals surface area (Å²) >= 11 is 0. The monoisotopic (exact) mass is 399 g/mol. The third kappa shape index (κ3) is 6.98.